The molecule has 2 aromatic rings. The maximum Gasteiger partial charge on any atom is 0.253 e. The molecule has 2 aromatic carbocycles. The third kappa shape index (κ3) is 3.73. The van der Waals surface area contributed by atoms with E-state index < -0.39 is 17.8 Å². The molecule has 3 nitrogen and oxygen atoms in total. The van der Waals surface area contributed by atoms with Crippen molar-refractivity contribution in [2.24, 2.45) is 0 Å². The average Bonchev–Trinajstić information content (AvgIpc) is 2.49. The first-order valence-electron chi connectivity index (χ1n) is 6.14. The molecule has 0 bridgehead atoms. The van der Waals surface area contributed by atoms with Gasteiger partial charge in [0.05, 0.1) is 28.3 Å². The Bertz CT molecular complexity index is 650. The van der Waals surface area contributed by atoms with E-state index in [1.165, 1.54) is 6.07 Å². The van der Waals surface area contributed by atoms with E-state index in [1.807, 2.05) is 6.07 Å². The predicted molar refractivity (Wildman–Crippen MR) is 80.2 cm³/mol. The fourth-order valence-electron chi connectivity index (χ4n) is 1.85. The summed E-state index contributed by atoms with van der Waals surface area (Å²) in [6, 6.07) is 10.5. The molecule has 0 aliphatic carbocycles. The molecule has 0 saturated carbocycles. The molecule has 0 aromatic heterocycles. The molecule has 21 heavy (non-hydrogen) atoms. The van der Waals surface area contributed by atoms with Gasteiger partial charge in [-0.2, -0.15) is 0 Å². The van der Waals surface area contributed by atoms with Crippen molar-refractivity contribution in [2.75, 3.05) is 6.61 Å². The Balaban J connectivity index is 2.23. The van der Waals surface area contributed by atoms with Crippen molar-refractivity contribution in [3.63, 3.8) is 0 Å². The first-order chi connectivity index (χ1) is 10.0. The van der Waals surface area contributed by atoms with Gasteiger partial charge in [-0.25, -0.2) is 4.39 Å². The van der Waals surface area contributed by atoms with E-state index in [2.05, 4.69) is 5.32 Å². The van der Waals surface area contributed by atoms with Crippen LogP contribution in [0.5, 0.6) is 0 Å². The highest BCUT2D eigenvalue weighted by Crippen LogP contribution is 2.25. The van der Waals surface area contributed by atoms with Crippen LogP contribution in [0, 0.1) is 5.82 Å². The molecular weight excluding hydrogens is 316 g/mol. The molecule has 2 N–H and O–H groups in total. The van der Waals surface area contributed by atoms with E-state index >= 15 is 0 Å². The third-order valence-corrected chi connectivity index (χ3v) is 3.55. The SMILES string of the molecule is O=C(NC(CO)c1ccccc1)c1cc(F)c(Cl)cc1Cl. The van der Waals surface area contributed by atoms with Crippen molar-refractivity contribution >= 4 is 29.1 Å². The molecule has 0 fully saturated rings. The normalized spacial score (nSPS) is 12.0. The topological polar surface area (TPSA) is 49.3 Å². The van der Waals surface area contributed by atoms with Gasteiger partial charge >= 0.3 is 0 Å². The van der Waals surface area contributed by atoms with E-state index in [4.69, 9.17) is 23.2 Å². The number of carbonyl (C=O) groups excluding carboxylic acids is 1. The van der Waals surface area contributed by atoms with Gasteiger partial charge in [-0.1, -0.05) is 53.5 Å². The summed E-state index contributed by atoms with van der Waals surface area (Å²) in [5, 5.41) is 11.9. The number of rotatable bonds is 4. The molecule has 0 saturated heterocycles. The number of aliphatic hydroxyl groups excluding tert-OH is 1. The van der Waals surface area contributed by atoms with Crippen LogP contribution in [0.25, 0.3) is 0 Å². The molecule has 6 heteroatoms. The summed E-state index contributed by atoms with van der Waals surface area (Å²) in [6.07, 6.45) is 0. The van der Waals surface area contributed by atoms with Crippen molar-refractivity contribution in [1.82, 2.24) is 5.32 Å². The number of carbonyl (C=O) groups is 1. The van der Waals surface area contributed by atoms with Crippen LogP contribution >= 0.6 is 23.2 Å². The number of nitrogens with one attached hydrogen (secondary N) is 1. The molecule has 0 aliphatic heterocycles. The van der Waals surface area contributed by atoms with E-state index in [0.29, 0.717) is 0 Å². The van der Waals surface area contributed by atoms with Gasteiger partial charge in [0.2, 0.25) is 0 Å². The maximum atomic E-state index is 13.4. The molecule has 0 spiro atoms. The standard InChI is InChI=1S/C15H12Cl2FNO2/c16-11-7-12(17)13(18)6-10(11)15(21)19-14(8-20)9-4-2-1-3-5-9/h1-7,14,20H,8H2,(H,19,21). The quantitative estimate of drug-likeness (QED) is 0.843. The number of amides is 1. The smallest absolute Gasteiger partial charge is 0.253 e. The van der Waals surface area contributed by atoms with E-state index in [1.54, 1.807) is 24.3 Å². The first-order valence-corrected chi connectivity index (χ1v) is 6.89. The third-order valence-electron chi connectivity index (χ3n) is 2.94. The number of hydrogen-bond donors (Lipinski definition) is 2. The summed E-state index contributed by atoms with van der Waals surface area (Å²) in [7, 11) is 0. The molecule has 0 heterocycles. The van der Waals surface area contributed by atoms with Gasteiger partial charge in [0.1, 0.15) is 5.82 Å². The van der Waals surface area contributed by atoms with E-state index in [-0.39, 0.29) is 22.2 Å². The number of aliphatic hydroxyl groups is 1. The van der Waals surface area contributed by atoms with Gasteiger partial charge in [-0.3, -0.25) is 4.79 Å². The molecular formula is C15H12Cl2FNO2. The zero-order valence-corrected chi connectivity index (χ0v) is 12.3. The minimum atomic E-state index is -0.730. The van der Waals surface area contributed by atoms with Crippen LogP contribution in [-0.4, -0.2) is 17.6 Å². The van der Waals surface area contributed by atoms with Crippen molar-refractivity contribution < 1.29 is 14.3 Å². The molecule has 110 valence electrons. The lowest BCUT2D eigenvalue weighted by atomic mass is 10.1. The fourth-order valence-corrected chi connectivity index (χ4v) is 2.32. The van der Waals surface area contributed by atoms with E-state index in [9.17, 15) is 14.3 Å². The van der Waals surface area contributed by atoms with Crippen molar-refractivity contribution in [1.29, 1.82) is 0 Å². The highest BCUT2D eigenvalue weighted by Gasteiger charge is 2.18. The van der Waals surface area contributed by atoms with Gasteiger partial charge in [-0.05, 0) is 17.7 Å². The number of halogens is 3. The Hall–Kier alpha value is -1.62. The zero-order valence-electron chi connectivity index (χ0n) is 10.8. The summed E-state index contributed by atoms with van der Waals surface area (Å²) >= 11 is 11.5. The Morgan fingerprint density at radius 3 is 2.48 bits per heavy atom. The molecule has 0 aliphatic rings. The van der Waals surface area contributed by atoms with Gasteiger partial charge in [0, 0.05) is 0 Å². The van der Waals surface area contributed by atoms with Crippen LogP contribution in [0.4, 0.5) is 4.39 Å². The number of benzene rings is 2. The average molecular weight is 328 g/mol. The zero-order chi connectivity index (χ0) is 15.4. The second-order valence-corrected chi connectivity index (χ2v) is 5.18. The Morgan fingerprint density at radius 1 is 1.19 bits per heavy atom. The minimum absolute atomic E-state index is 0.0343. The summed E-state index contributed by atoms with van der Waals surface area (Å²) in [5.74, 6) is -1.31. The van der Waals surface area contributed by atoms with Gasteiger partial charge in [0.15, 0.2) is 0 Å². The fraction of sp³-hybridized carbons (Fsp3) is 0.133. The van der Waals surface area contributed by atoms with Crippen molar-refractivity contribution in [3.8, 4) is 0 Å². The summed E-state index contributed by atoms with van der Waals surface area (Å²) in [6.45, 7) is -0.288. The molecule has 1 atom stereocenters. The largest absolute Gasteiger partial charge is 0.394 e. The highest BCUT2D eigenvalue weighted by atomic mass is 35.5. The summed E-state index contributed by atoms with van der Waals surface area (Å²) in [5.41, 5.74) is 0.701. The van der Waals surface area contributed by atoms with Crippen LogP contribution in [0.1, 0.15) is 22.0 Å². The van der Waals surface area contributed by atoms with Crippen LogP contribution in [0.2, 0.25) is 10.0 Å². The molecule has 1 amide bonds. The second-order valence-electron chi connectivity index (χ2n) is 4.37. The second kappa shape index (κ2) is 6.89. The lowest BCUT2D eigenvalue weighted by molar-refractivity contribution is 0.0916. The van der Waals surface area contributed by atoms with Crippen molar-refractivity contribution in [3.05, 3.63) is 69.5 Å². The van der Waals surface area contributed by atoms with Crippen LogP contribution in [0.3, 0.4) is 0 Å². The molecule has 0 radical (unpaired) electrons. The summed E-state index contributed by atoms with van der Waals surface area (Å²) < 4.78 is 13.4. The van der Waals surface area contributed by atoms with Gasteiger partial charge < -0.3 is 10.4 Å². The first kappa shape index (κ1) is 15.8. The molecule has 2 rings (SSSR count). The van der Waals surface area contributed by atoms with Crippen LogP contribution in [0.15, 0.2) is 42.5 Å². The van der Waals surface area contributed by atoms with Gasteiger partial charge in [0.25, 0.3) is 5.91 Å². The summed E-state index contributed by atoms with van der Waals surface area (Å²) in [4.78, 5) is 12.2. The monoisotopic (exact) mass is 327 g/mol. The Morgan fingerprint density at radius 2 is 1.86 bits per heavy atom. The van der Waals surface area contributed by atoms with Crippen LogP contribution in [-0.2, 0) is 0 Å². The van der Waals surface area contributed by atoms with Gasteiger partial charge in [-0.15, -0.1) is 0 Å². The lowest BCUT2D eigenvalue weighted by Gasteiger charge is -2.17. The number of hydrogen-bond acceptors (Lipinski definition) is 2. The minimum Gasteiger partial charge on any atom is -0.394 e. The Labute approximate surface area is 131 Å². The predicted octanol–water partition coefficient (Wildman–Crippen LogP) is 3.60. The maximum absolute atomic E-state index is 13.4. The lowest BCUT2D eigenvalue weighted by Crippen LogP contribution is -2.31. The van der Waals surface area contributed by atoms with E-state index in [0.717, 1.165) is 11.6 Å². The molecule has 1 unspecified atom stereocenters. The van der Waals surface area contributed by atoms with Crippen LogP contribution < -0.4 is 5.32 Å². The highest BCUT2D eigenvalue weighted by molar-refractivity contribution is 6.36. The van der Waals surface area contributed by atoms with Crippen molar-refractivity contribution in [2.45, 2.75) is 6.04 Å². The Kier molecular flexibility index (Phi) is 5.17.